The Hall–Kier alpha value is -1.22. The summed E-state index contributed by atoms with van der Waals surface area (Å²) in [6, 6.07) is 1.96. The fourth-order valence-electron chi connectivity index (χ4n) is 1.65. The molecule has 0 amide bonds. The molecule has 0 radical (unpaired) electrons. The molecule has 0 bridgehead atoms. The second-order valence-electron chi connectivity index (χ2n) is 3.57. The van der Waals surface area contributed by atoms with E-state index < -0.39 is 0 Å². The molecule has 1 fully saturated rings. The largest absolute Gasteiger partial charge is 0.264 e. The molecule has 3 rings (SSSR count). The van der Waals surface area contributed by atoms with Crippen LogP contribution in [0.3, 0.4) is 0 Å². The Morgan fingerprint density at radius 3 is 2.86 bits per heavy atom. The zero-order valence-corrected chi connectivity index (χ0v) is 8.20. The molecule has 1 saturated carbocycles. The zero-order chi connectivity index (χ0) is 9.54. The molecule has 0 N–H and O–H groups in total. The highest BCUT2D eigenvalue weighted by atomic mass is 35.5. The van der Waals surface area contributed by atoms with E-state index in [1.165, 1.54) is 12.8 Å². The minimum atomic E-state index is 0.442. The highest BCUT2D eigenvalue weighted by Crippen LogP contribution is 2.42. The third-order valence-corrected chi connectivity index (χ3v) is 2.81. The molecule has 1 aliphatic rings. The van der Waals surface area contributed by atoms with Crippen LogP contribution in [0.1, 0.15) is 24.5 Å². The van der Waals surface area contributed by atoms with Gasteiger partial charge in [0.15, 0.2) is 5.15 Å². The van der Waals surface area contributed by atoms with Gasteiger partial charge in [-0.2, -0.15) is 5.10 Å². The molecule has 2 heterocycles. The molecular weight excluding hydrogens is 198 g/mol. The predicted molar refractivity (Wildman–Crippen MR) is 54.3 cm³/mol. The standard InChI is InChI=1S/C10H8ClN3/c11-10-8-5-12-4-3-7(8)9(13-14-10)6-1-2-6/h3-6H,1-2H2. The monoisotopic (exact) mass is 205 g/mol. The summed E-state index contributed by atoms with van der Waals surface area (Å²) in [5.74, 6) is 0.588. The zero-order valence-electron chi connectivity index (χ0n) is 7.44. The van der Waals surface area contributed by atoms with Gasteiger partial charge in [0.2, 0.25) is 0 Å². The molecule has 0 aliphatic heterocycles. The highest BCUT2D eigenvalue weighted by Gasteiger charge is 2.27. The van der Waals surface area contributed by atoms with Gasteiger partial charge in [-0.15, -0.1) is 5.10 Å². The number of hydrogen-bond donors (Lipinski definition) is 0. The number of rotatable bonds is 1. The number of halogens is 1. The van der Waals surface area contributed by atoms with Gasteiger partial charge in [0.25, 0.3) is 0 Å². The molecule has 1 aliphatic carbocycles. The molecular formula is C10H8ClN3. The van der Waals surface area contributed by atoms with E-state index in [0.29, 0.717) is 11.1 Å². The number of pyridine rings is 1. The number of fused-ring (bicyclic) bond motifs is 1. The summed E-state index contributed by atoms with van der Waals surface area (Å²) in [5, 5.41) is 10.6. The Morgan fingerprint density at radius 1 is 1.21 bits per heavy atom. The van der Waals surface area contributed by atoms with Crippen LogP contribution in [0, 0.1) is 0 Å². The van der Waals surface area contributed by atoms with Crippen molar-refractivity contribution in [1.29, 1.82) is 0 Å². The SMILES string of the molecule is Clc1nnc(C2CC2)c2ccncc12. The molecule has 0 aromatic carbocycles. The maximum Gasteiger partial charge on any atom is 0.161 e. The smallest absolute Gasteiger partial charge is 0.161 e. The summed E-state index contributed by atoms with van der Waals surface area (Å²) in [4.78, 5) is 4.04. The van der Waals surface area contributed by atoms with E-state index in [-0.39, 0.29) is 0 Å². The molecule has 0 saturated heterocycles. The summed E-state index contributed by atoms with van der Waals surface area (Å²) in [5.41, 5.74) is 1.08. The van der Waals surface area contributed by atoms with Crippen molar-refractivity contribution in [3.63, 3.8) is 0 Å². The van der Waals surface area contributed by atoms with Gasteiger partial charge in [-0.1, -0.05) is 11.6 Å². The van der Waals surface area contributed by atoms with Crippen LogP contribution in [0.5, 0.6) is 0 Å². The Bertz CT molecular complexity index is 494. The van der Waals surface area contributed by atoms with Crippen LogP contribution < -0.4 is 0 Å². The fourth-order valence-corrected chi connectivity index (χ4v) is 1.83. The third kappa shape index (κ3) is 1.16. The van der Waals surface area contributed by atoms with Gasteiger partial charge in [-0.05, 0) is 18.9 Å². The van der Waals surface area contributed by atoms with Gasteiger partial charge < -0.3 is 0 Å². The predicted octanol–water partition coefficient (Wildman–Crippen LogP) is 2.56. The first-order valence-corrected chi connectivity index (χ1v) is 5.00. The van der Waals surface area contributed by atoms with Gasteiger partial charge in [-0.3, -0.25) is 4.98 Å². The molecule has 2 aromatic heterocycles. The summed E-state index contributed by atoms with van der Waals surface area (Å²) in [6.07, 6.45) is 5.95. The van der Waals surface area contributed by atoms with Crippen LogP contribution >= 0.6 is 11.6 Å². The second kappa shape index (κ2) is 2.89. The molecule has 70 valence electrons. The van der Waals surface area contributed by atoms with Gasteiger partial charge in [0.05, 0.1) is 5.69 Å². The van der Waals surface area contributed by atoms with Crippen LogP contribution in [0.25, 0.3) is 10.8 Å². The lowest BCUT2D eigenvalue weighted by atomic mass is 10.1. The lowest BCUT2D eigenvalue weighted by molar-refractivity contribution is 0.930. The van der Waals surface area contributed by atoms with Crippen LogP contribution in [-0.2, 0) is 0 Å². The normalized spacial score (nSPS) is 16.1. The van der Waals surface area contributed by atoms with E-state index in [4.69, 9.17) is 11.6 Å². The number of nitrogens with zero attached hydrogens (tertiary/aromatic N) is 3. The van der Waals surface area contributed by atoms with E-state index in [1.807, 2.05) is 6.07 Å². The molecule has 0 atom stereocenters. The summed E-state index contributed by atoms with van der Waals surface area (Å²) < 4.78 is 0. The van der Waals surface area contributed by atoms with E-state index in [1.54, 1.807) is 12.4 Å². The second-order valence-corrected chi connectivity index (χ2v) is 3.93. The summed E-state index contributed by atoms with van der Waals surface area (Å²) >= 11 is 5.94. The minimum absolute atomic E-state index is 0.442. The quantitative estimate of drug-likeness (QED) is 0.718. The van der Waals surface area contributed by atoms with Crippen molar-refractivity contribution in [3.05, 3.63) is 29.3 Å². The van der Waals surface area contributed by atoms with Crippen LogP contribution in [0.4, 0.5) is 0 Å². The number of aromatic nitrogens is 3. The van der Waals surface area contributed by atoms with Crippen LogP contribution in [0.2, 0.25) is 5.15 Å². The topological polar surface area (TPSA) is 38.7 Å². The molecule has 0 spiro atoms. The van der Waals surface area contributed by atoms with Gasteiger partial charge in [0, 0.05) is 29.1 Å². The van der Waals surface area contributed by atoms with Gasteiger partial charge in [0.1, 0.15) is 0 Å². The lowest BCUT2D eigenvalue weighted by Crippen LogP contribution is -1.94. The third-order valence-electron chi connectivity index (χ3n) is 2.53. The Morgan fingerprint density at radius 2 is 2.07 bits per heavy atom. The van der Waals surface area contributed by atoms with Crippen LogP contribution in [0.15, 0.2) is 18.5 Å². The molecule has 4 heteroatoms. The van der Waals surface area contributed by atoms with Crippen molar-refractivity contribution in [2.24, 2.45) is 0 Å². The molecule has 0 unspecified atom stereocenters. The van der Waals surface area contributed by atoms with Gasteiger partial charge >= 0.3 is 0 Å². The van der Waals surface area contributed by atoms with Crippen molar-refractivity contribution < 1.29 is 0 Å². The maximum atomic E-state index is 5.94. The number of hydrogen-bond acceptors (Lipinski definition) is 3. The first-order chi connectivity index (χ1) is 6.86. The Balaban J connectivity index is 2.35. The molecule has 3 nitrogen and oxygen atoms in total. The Kier molecular flexibility index (Phi) is 1.67. The first kappa shape index (κ1) is 8.12. The molecule has 2 aromatic rings. The van der Waals surface area contributed by atoms with Crippen molar-refractivity contribution >= 4 is 22.4 Å². The van der Waals surface area contributed by atoms with Crippen molar-refractivity contribution in [3.8, 4) is 0 Å². The average Bonchev–Trinajstić information content (AvgIpc) is 3.03. The van der Waals surface area contributed by atoms with Crippen molar-refractivity contribution in [2.75, 3.05) is 0 Å². The first-order valence-electron chi connectivity index (χ1n) is 4.62. The summed E-state index contributed by atoms with van der Waals surface area (Å²) in [6.45, 7) is 0. The molecule has 14 heavy (non-hydrogen) atoms. The van der Waals surface area contributed by atoms with E-state index in [9.17, 15) is 0 Å². The minimum Gasteiger partial charge on any atom is -0.264 e. The van der Waals surface area contributed by atoms with E-state index in [2.05, 4.69) is 15.2 Å². The average molecular weight is 206 g/mol. The fraction of sp³-hybridized carbons (Fsp3) is 0.300. The van der Waals surface area contributed by atoms with Gasteiger partial charge in [-0.25, -0.2) is 0 Å². The lowest BCUT2D eigenvalue weighted by Gasteiger charge is -2.03. The summed E-state index contributed by atoms with van der Waals surface area (Å²) in [7, 11) is 0. The Labute approximate surface area is 86.1 Å². The van der Waals surface area contributed by atoms with Crippen LogP contribution in [-0.4, -0.2) is 15.2 Å². The highest BCUT2D eigenvalue weighted by molar-refractivity contribution is 6.34. The van der Waals surface area contributed by atoms with E-state index >= 15 is 0 Å². The van der Waals surface area contributed by atoms with E-state index in [0.717, 1.165) is 16.5 Å². The maximum absolute atomic E-state index is 5.94. The van der Waals surface area contributed by atoms with Crippen molar-refractivity contribution in [1.82, 2.24) is 15.2 Å². The van der Waals surface area contributed by atoms with Crippen molar-refractivity contribution in [2.45, 2.75) is 18.8 Å².